The van der Waals surface area contributed by atoms with Crippen LogP contribution in [0.2, 0.25) is 0 Å². The van der Waals surface area contributed by atoms with Crippen LogP contribution in [-0.4, -0.2) is 60.0 Å². The third-order valence-corrected chi connectivity index (χ3v) is 5.63. The summed E-state index contributed by atoms with van der Waals surface area (Å²) < 4.78 is 14.3. The average Bonchev–Trinajstić information content (AvgIpc) is 3.24. The van der Waals surface area contributed by atoms with Gasteiger partial charge in [0, 0.05) is 25.7 Å². The number of methoxy groups -OCH3 is 1. The van der Waals surface area contributed by atoms with E-state index in [9.17, 15) is 24.9 Å². The van der Waals surface area contributed by atoms with Crippen molar-refractivity contribution < 1.29 is 24.8 Å². The smallest absolute Gasteiger partial charge is 0.332 e. The van der Waals surface area contributed by atoms with Gasteiger partial charge in [0.15, 0.2) is 11.2 Å². The molecule has 4 N–H and O–H groups in total. The largest absolute Gasteiger partial charge is 0.508 e. The van der Waals surface area contributed by atoms with Crippen LogP contribution < -0.4 is 26.1 Å². The third kappa shape index (κ3) is 5.26. The molecule has 2 heterocycles. The van der Waals surface area contributed by atoms with E-state index in [2.05, 4.69) is 15.5 Å². The number of hydrazone groups is 1. The fourth-order valence-corrected chi connectivity index (χ4v) is 3.64. The Labute approximate surface area is 210 Å². The molecule has 0 radical (unpaired) electrons. The molecule has 0 spiro atoms. The molecule has 0 saturated carbocycles. The van der Waals surface area contributed by atoms with Gasteiger partial charge in [0.05, 0.1) is 19.9 Å². The van der Waals surface area contributed by atoms with E-state index < -0.39 is 17.4 Å². The quantitative estimate of drug-likeness (QED) is 0.188. The van der Waals surface area contributed by atoms with E-state index in [4.69, 9.17) is 9.47 Å². The molecule has 4 rings (SSSR count). The maximum absolute atomic E-state index is 13.0. The van der Waals surface area contributed by atoms with Gasteiger partial charge in [0.1, 0.15) is 35.7 Å². The number of aromatic hydroxyl groups is 2. The number of benzene rings is 2. The van der Waals surface area contributed by atoms with Crippen molar-refractivity contribution in [1.82, 2.24) is 18.7 Å². The van der Waals surface area contributed by atoms with E-state index in [1.165, 1.54) is 41.6 Å². The number of aromatic nitrogens is 4. The Bertz CT molecular complexity index is 1570. The Morgan fingerprint density at radius 3 is 2.46 bits per heavy atom. The number of anilines is 1. The highest BCUT2D eigenvalue weighted by atomic mass is 16.5. The summed E-state index contributed by atoms with van der Waals surface area (Å²) in [5.41, 5.74) is 2.03. The lowest BCUT2D eigenvalue weighted by Gasteiger charge is -2.15. The summed E-state index contributed by atoms with van der Waals surface area (Å²) in [7, 11) is 4.38. The number of aryl methyl sites for hydroxylation is 1. The molecule has 0 fully saturated rings. The van der Waals surface area contributed by atoms with E-state index in [1.807, 2.05) is 0 Å². The molecule has 0 aliphatic heterocycles. The van der Waals surface area contributed by atoms with E-state index in [0.717, 1.165) is 10.6 Å². The molecule has 0 amide bonds. The second kappa shape index (κ2) is 10.5. The van der Waals surface area contributed by atoms with Crippen molar-refractivity contribution in [3.8, 4) is 23.0 Å². The Morgan fingerprint density at radius 2 is 1.78 bits per heavy atom. The molecule has 2 aromatic heterocycles. The van der Waals surface area contributed by atoms with Crippen molar-refractivity contribution in [3.05, 3.63) is 68.9 Å². The maximum atomic E-state index is 13.0. The molecule has 0 saturated heterocycles. The summed E-state index contributed by atoms with van der Waals surface area (Å²) in [4.78, 5) is 29.7. The first-order valence-electron chi connectivity index (χ1n) is 11.1. The number of aliphatic hydroxyl groups excluding tert-OH is 1. The van der Waals surface area contributed by atoms with Crippen molar-refractivity contribution >= 4 is 23.3 Å². The van der Waals surface area contributed by atoms with Crippen molar-refractivity contribution in [2.24, 2.45) is 19.2 Å². The standard InChI is InChI=1S/C24H26N6O7/c1-28-21-20(22(34)29(2)24(28)35)30(12-16(32)13-37-18-8-6-17(36-3)7-9-18)23(26-21)27-25-11-14-4-5-15(31)10-19(14)33/h4-11,16,31-33H,12-13H2,1-3H3,(H,26,27). The molecule has 13 heteroatoms. The highest BCUT2D eigenvalue weighted by Gasteiger charge is 2.21. The van der Waals surface area contributed by atoms with Gasteiger partial charge in [-0.2, -0.15) is 10.1 Å². The molecule has 0 aliphatic carbocycles. The van der Waals surface area contributed by atoms with Crippen LogP contribution >= 0.6 is 0 Å². The molecule has 0 bridgehead atoms. The topological polar surface area (TPSA) is 165 Å². The number of hydrogen-bond donors (Lipinski definition) is 4. The first kappa shape index (κ1) is 25.3. The average molecular weight is 511 g/mol. The Hall–Kier alpha value is -4.78. The van der Waals surface area contributed by atoms with Crippen molar-refractivity contribution in [3.63, 3.8) is 0 Å². The molecule has 2 aromatic carbocycles. The van der Waals surface area contributed by atoms with Gasteiger partial charge >= 0.3 is 5.69 Å². The Morgan fingerprint density at radius 1 is 1.08 bits per heavy atom. The fourth-order valence-electron chi connectivity index (χ4n) is 3.64. The molecule has 37 heavy (non-hydrogen) atoms. The zero-order valence-corrected chi connectivity index (χ0v) is 20.3. The number of rotatable bonds is 9. The third-order valence-electron chi connectivity index (χ3n) is 5.63. The molecule has 4 aromatic rings. The number of ether oxygens (including phenoxy) is 2. The number of nitrogens with zero attached hydrogens (tertiary/aromatic N) is 5. The molecular weight excluding hydrogens is 484 g/mol. The van der Waals surface area contributed by atoms with E-state index in [1.54, 1.807) is 31.4 Å². The number of nitrogens with one attached hydrogen (secondary N) is 1. The summed E-state index contributed by atoms with van der Waals surface area (Å²) >= 11 is 0. The minimum absolute atomic E-state index is 0.0753. The zero-order valence-electron chi connectivity index (χ0n) is 20.3. The predicted octanol–water partition coefficient (Wildman–Crippen LogP) is 0.739. The molecule has 194 valence electrons. The number of aliphatic hydroxyl groups is 1. The minimum Gasteiger partial charge on any atom is -0.508 e. The number of hydrogen-bond acceptors (Lipinski definition) is 10. The van der Waals surface area contributed by atoms with Gasteiger partial charge in [-0.25, -0.2) is 10.2 Å². The summed E-state index contributed by atoms with van der Waals surface area (Å²) in [5, 5.41) is 34.2. The van der Waals surface area contributed by atoms with Crippen LogP contribution in [0.3, 0.4) is 0 Å². The highest BCUT2D eigenvalue weighted by molar-refractivity contribution is 5.84. The van der Waals surface area contributed by atoms with Gasteiger partial charge in [0.25, 0.3) is 5.56 Å². The number of phenolic OH excluding ortho intramolecular Hbond substituents is 2. The normalized spacial score (nSPS) is 12.2. The second-order valence-corrected chi connectivity index (χ2v) is 8.18. The fraction of sp³-hybridized carbons (Fsp3) is 0.250. The molecule has 13 nitrogen and oxygen atoms in total. The molecular formula is C24H26N6O7. The second-order valence-electron chi connectivity index (χ2n) is 8.18. The summed E-state index contributed by atoms with van der Waals surface area (Å²) in [5.74, 6) is 0.959. The SMILES string of the molecule is COc1ccc(OCC(O)Cn2c(NN=Cc3ccc(O)cc3O)nc3c2c(=O)n(C)c(=O)n3C)cc1. The highest BCUT2D eigenvalue weighted by Crippen LogP contribution is 2.22. The zero-order chi connectivity index (χ0) is 26.7. The minimum atomic E-state index is -1.06. The maximum Gasteiger partial charge on any atom is 0.332 e. The molecule has 0 aliphatic rings. The van der Waals surface area contributed by atoms with Crippen LogP contribution in [0.4, 0.5) is 5.95 Å². The van der Waals surface area contributed by atoms with Gasteiger partial charge in [-0.1, -0.05) is 0 Å². The van der Waals surface area contributed by atoms with Gasteiger partial charge in [-0.05, 0) is 36.4 Å². The lowest BCUT2D eigenvalue weighted by atomic mass is 10.2. The van der Waals surface area contributed by atoms with Gasteiger partial charge < -0.3 is 29.4 Å². The van der Waals surface area contributed by atoms with Crippen LogP contribution in [-0.2, 0) is 20.6 Å². The number of phenols is 2. The van der Waals surface area contributed by atoms with Crippen LogP contribution in [0, 0.1) is 0 Å². The van der Waals surface area contributed by atoms with Gasteiger partial charge in [0.2, 0.25) is 5.95 Å². The van der Waals surface area contributed by atoms with Gasteiger partial charge in [-0.15, -0.1) is 0 Å². The van der Waals surface area contributed by atoms with Crippen LogP contribution in [0.1, 0.15) is 5.56 Å². The van der Waals surface area contributed by atoms with Crippen LogP contribution in [0.5, 0.6) is 23.0 Å². The summed E-state index contributed by atoms with van der Waals surface area (Å²) in [6.07, 6.45) is 0.228. The monoisotopic (exact) mass is 510 g/mol. The first-order valence-corrected chi connectivity index (χ1v) is 11.1. The Balaban J connectivity index is 1.63. The lowest BCUT2D eigenvalue weighted by molar-refractivity contribution is 0.0938. The first-order chi connectivity index (χ1) is 17.7. The van der Waals surface area contributed by atoms with Gasteiger partial charge in [-0.3, -0.25) is 13.9 Å². The number of imidazole rings is 1. The van der Waals surface area contributed by atoms with Crippen molar-refractivity contribution in [1.29, 1.82) is 0 Å². The van der Waals surface area contributed by atoms with Crippen LogP contribution in [0.15, 0.2) is 57.2 Å². The molecule has 1 unspecified atom stereocenters. The van der Waals surface area contributed by atoms with Crippen molar-refractivity contribution in [2.45, 2.75) is 12.6 Å². The van der Waals surface area contributed by atoms with Crippen LogP contribution in [0.25, 0.3) is 11.2 Å². The van der Waals surface area contributed by atoms with E-state index in [-0.39, 0.29) is 41.8 Å². The number of fused-ring (bicyclic) bond motifs is 1. The summed E-state index contributed by atoms with van der Waals surface area (Å²) in [6.45, 7) is -0.204. The lowest BCUT2D eigenvalue weighted by Crippen LogP contribution is -2.38. The summed E-state index contributed by atoms with van der Waals surface area (Å²) in [6, 6.07) is 10.8. The molecule has 1 atom stereocenters. The predicted molar refractivity (Wildman–Crippen MR) is 136 cm³/mol. The Kier molecular flexibility index (Phi) is 7.15. The van der Waals surface area contributed by atoms with E-state index in [0.29, 0.717) is 17.1 Å². The van der Waals surface area contributed by atoms with Crippen molar-refractivity contribution in [2.75, 3.05) is 19.1 Å². The van der Waals surface area contributed by atoms with E-state index >= 15 is 0 Å².